The molecule has 5 heteroatoms. The van der Waals surface area contributed by atoms with Crippen molar-refractivity contribution in [2.24, 2.45) is 11.7 Å². The number of hydrazine groups is 2. The van der Waals surface area contributed by atoms with Crippen molar-refractivity contribution in [1.29, 1.82) is 0 Å². The molecule has 0 aliphatic rings. The molecule has 0 rings (SSSR count). The summed E-state index contributed by atoms with van der Waals surface area (Å²) in [6.07, 6.45) is 0. The van der Waals surface area contributed by atoms with Crippen LogP contribution in [-0.4, -0.2) is 6.03 Å². The standard InChI is InChI=1S/C2H6.CH6N4O/c1-2;2-4-1(6)5-3/h1-2H3;2-3H2,(H2,4,5,6). The predicted molar refractivity (Wildman–Crippen MR) is 31.4 cm³/mol. The topological polar surface area (TPSA) is 93.2 Å². The van der Waals surface area contributed by atoms with Crippen LogP contribution in [0.2, 0.25) is 0 Å². The molecule has 0 heterocycles. The van der Waals surface area contributed by atoms with Crippen LogP contribution < -0.4 is 22.5 Å². The summed E-state index contributed by atoms with van der Waals surface area (Å²) in [4.78, 5) is 9.71. The van der Waals surface area contributed by atoms with Crippen molar-refractivity contribution < 1.29 is 4.79 Å². The highest BCUT2D eigenvalue weighted by Gasteiger charge is 1.82. The van der Waals surface area contributed by atoms with Crippen molar-refractivity contribution in [2.45, 2.75) is 13.8 Å². The number of carbonyl (C=O) groups is 1. The van der Waals surface area contributed by atoms with Crippen molar-refractivity contribution in [1.82, 2.24) is 10.9 Å². The molecule has 0 saturated carbocycles. The van der Waals surface area contributed by atoms with E-state index in [1.54, 1.807) is 10.9 Å². The molecule has 0 aromatic heterocycles. The quantitative estimate of drug-likeness (QED) is 0.189. The summed E-state index contributed by atoms with van der Waals surface area (Å²) in [5.41, 5.74) is 3.48. The Morgan fingerprint density at radius 2 is 1.50 bits per heavy atom. The van der Waals surface area contributed by atoms with Crippen LogP contribution in [0.3, 0.4) is 0 Å². The highest BCUT2D eigenvalue weighted by Crippen LogP contribution is 1.42. The van der Waals surface area contributed by atoms with Gasteiger partial charge in [0, 0.05) is 0 Å². The molecule has 0 spiro atoms. The second-order valence-corrected chi connectivity index (χ2v) is 0.618. The highest BCUT2D eigenvalue weighted by atomic mass is 16.2. The minimum absolute atomic E-state index is 0.602. The number of carbonyl (C=O) groups excluding carboxylic acids is 1. The summed E-state index contributed by atoms with van der Waals surface area (Å²) in [7, 11) is 0. The van der Waals surface area contributed by atoms with Gasteiger partial charge in [0.1, 0.15) is 0 Å². The third-order valence-corrected chi connectivity index (χ3v) is 0.262. The normalized spacial score (nSPS) is 6.00. The van der Waals surface area contributed by atoms with Crippen LogP contribution >= 0.6 is 0 Å². The second-order valence-electron chi connectivity index (χ2n) is 0.618. The number of nitrogens with two attached hydrogens (primary N) is 2. The first kappa shape index (κ1) is 10.2. The van der Waals surface area contributed by atoms with Crippen LogP contribution in [0.15, 0.2) is 0 Å². The van der Waals surface area contributed by atoms with Gasteiger partial charge in [-0.05, 0) is 0 Å². The molecule has 0 aliphatic heterocycles. The maximum atomic E-state index is 9.71. The van der Waals surface area contributed by atoms with Gasteiger partial charge in [-0.2, -0.15) is 0 Å². The van der Waals surface area contributed by atoms with E-state index in [1.165, 1.54) is 0 Å². The van der Waals surface area contributed by atoms with Crippen LogP contribution in [0.1, 0.15) is 13.8 Å². The molecule has 0 saturated heterocycles. The monoisotopic (exact) mass is 120 g/mol. The van der Waals surface area contributed by atoms with Gasteiger partial charge in [0.2, 0.25) is 0 Å². The van der Waals surface area contributed by atoms with Gasteiger partial charge in [-0.3, -0.25) is 10.9 Å². The Bertz CT molecular complexity index is 49.2. The molecule has 6 N–H and O–H groups in total. The first-order valence-corrected chi connectivity index (χ1v) is 2.28. The third kappa shape index (κ3) is 8.95. The Kier molecular flexibility index (Phi) is 12.1. The molecule has 0 atom stereocenters. The Labute approximate surface area is 48.4 Å². The fraction of sp³-hybridized carbons (Fsp3) is 0.667. The molecule has 0 aromatic carbocycles. The van der Waals surface area contributed by atoms with Gasteiger partial charge in [0.15, 0.2) is 0 Å². The van der Waals surface area contributed by atoms with Crippen molar-refractivity contribution in [2.75, 3.05) is 0 Å². The number of urea groups is 1. The van der Waals surface area contributed by atoms with Crippen LogP contribution in [0.5, 0.6) is 0 Å². The smallest absolute Gasteiger partial charge is 0.275 e. The molecule has 0 bridgehead atoms. The maximum absolute atomic E-state index is 9.71. The molecule has 0 fully saturated rings. The molecular weight excluding hydrogens is 108 g/mol. The Hall–Kier alpha value is -0.810. The van der Waals surface area contributed by atoms with Crippen molar-refractivity contribution in [3.63, 3.8) is 0 Å². The number of hydrogen-bond donors (Lipinski definition) is 4. The van der Waals surface area contributed by atoms with E-state index in [1.807, 2.05) is 13.8 Å². The van der Waals surface area contributed by atoms with E-state index >= 15 is 0 Å². The van der Waals surface area contributed by atoms with E-state index in [-0.39, 0.29) is 0 Å². The van der Waals surface area contributed by atoms with Crippen LogP contribution in [0.4, 0.5) is 4.79 Å². The van der Waals surface area contributed by atoms with Gasteiger partial charge >= 0.3 is 6.03 Å². The average Bonchev–Trinajstić information content (AvgIpc) is 1.91. The average molecular weight is 120 g/mol. The van der Waals surface area contributed by atoms with E-state index < -0.39 is 6.03 Å². The number of amides is 2. The SMILES string of the molecule is CC.NNC(=O)NN. The zero-order chi connectivity index (χ0) is 6.99. The lowest BCUT2D eigenvalue weighted by molar-refractivity contribution is 0.241. The van der Waals surface area contributed by atoms with Gasteiger partial charge in [-0.1, -0.05) is 13.8 Å². The van der Waals surface area contributed by atoms with E-state index in [9.17, 15) is 4.79 Å². The molecule has 2 amide bonds. The molecule has 0 aromatic rings. The summed E-state index contributed by atoms with van der Waals surface area (Å²) in [5.74, 6) is 9.08. The lowest BCUT2D eigenvalue weighted by atomic mass is 11.0. The van der Waals surface area contributed by atoms with E-state index in [0.29, 0.717) is 0 Å². The Morgan fingerprint density at radius 3 is 1.50 bits per heavy atom. The highest BCUT2D eigenvalue weighted by molar-refractivity contribution is 5.72. The summed E-state index contributed by atoms with van der Waals surface area (Å²) >= 11 is 0. The first-order valence-electron chi connectivity index (χ1n) is 2.28. The summed E-state index contributed by atoms with van der Waals surface area (Å²) in [5, 5.41) is 0. The molecule has 0 aliphatic carbocycles. The van der Waals surface area contributed by atoms with Crippen molar-refractivity contribution in [3.8, 4) is 0 Å². The van der Waals surface area contributed by atoms with Gasteiger partial charge in [0.25, 0.3) is 0 Å². The van der Waals surface area contributed by atoms with Crippen molar-refractivity contribution >= 4 is 6.03 Å². The van der Waals surface area contributed by atoms with Crippen LogP contribution in [0.25, 0.3) is 0 Å². The zero-order valence-electron chi connectivity index (χ0n) is 5.06. The molecule has 0 radical (unpaired) electrons. The van der Waals surface area contributed by atoms with Gasteiger partial charge in [-0.15, -0.1) is 0 Å². The van der Waals surface area contributed by atoms with E-state index in [2.05, 4.69) is 11.7 Å². The summed E-state index contributed by atoms with van der Waals surface area (Å²) in [6.45, 7) is 4.00. The van der Waals surface area contributed by atoms with Crippen LogP contribution in [-0.2, 0) is 0 Å². The summed E-state index contributed by atoms with van der Waals surface area (Å²) in [6, 6.07) is -0.602. The minimum Gasteiger partial charge on any atom is -0.275 e. The lowest BCUT2D eigenvalue weighted by Crippen LogP contribution is -2.43. The van der Waals surface area contributed by atoms with Gasteiger partial charge in [0.05, 0.1) is 0 Å². The number of rotatable bonds is 0. The fourth-order valence-electron chi connectivity index (χ4n) is 0.0417. The van der Waals surface area contributed by atoms with Gasteiger partial charge in [-0.25, -0.2) is 16.5 Å². The predicted octanol–water partition coefficient (Wildman–Crippen LogP) is -0.941. The van der Waals surface area contributed by atoms with Gasteiger partial charge < -0.3 is 0 Å². The fourth-order valence-corrected chi connectivity index (χ4v) is 0.0417. The van der Waals surface area contributed by atoms with Crippen LogP contribution in [0, 0.1) is 0 Å². The molecule has 50 valence electrons. The Balaban J connectivity index is 0. The first-order chi connectivity index (χ1) is 3.81. The molecule has 0 unspecified atom stereocenters. The molecular formula is C3H12N4O. The zero-order valence-corrected chi connectivity index (χ0v) is 5.06. The maximum Gasteiger partial charge on any atom is 0.343 e. The molecule has 5 nitrogen and oxygen atoms in total. The van der Waals surface area contributed by atoms with E-state index in [4.69, 9.17) is 0 Å². The lowest BCUT2D eigenvalue weighted by Gasteiger charge is -1.90. The third-order valence-electron chi connectivity index (χ3n) is 0.262. The minimum atomic E-state index is -0.602. The number of hydrogen-bond acceptors (Lipinski definition) is 3. The molecule has 8 heavy (non-hydrogen) atoms. The van der Waals surface area contributed by atoms with E-state index in [0.717, 1.165) is 0 Å². The second kappa shape index (κ2) is 9.50. The summed E-state index contributed by atoms with van der Waals surface area (Å²) < 4.78 is 0. The Morgan fingerprint density at radius 1 is 1.25 bits per heavy atom. The largest absolute Gasteiger partial charge is 0.343 e. The van der Waals surface area contributed by atoms with Crippen molar-refractivity contribution in [3.05, 3.63) is 0 Å². The number of nitrogens with one attached hydrogen (secondary N) is 2.